The summed E-state index contributed by atoms with van der Waals surface area (Å²) in [6.07, 6.45) is 2.80. The largest absolute Gasteiger partial charge is 0.383 e. The van der Waals surface area contributed by atoms with Crippen LogP contribution in [-0.4, -0.2) is 45.9 Å². The summed E-state index contributed by atoms with van der Waals surface area (Å²) >= 11 is 5.92. The molecule has 1 atom stereocenters. The lowest BCUT2D eigenvalue weighted by molar-refractivity contribution is -0.123. The molecule has 3 rings (SSSR count). The minimum atomic E-state index is -0.689. The number of benzene rings is 1. The summed E-state index contributed by atoms with van der Waals surface area (Å²) in [6.45, 7) is 5.07. The molecule has 1 aliphatic heterocycles. The molecule has 0 aliphatic carbocycles. The van der Waals surface area contributed by atoms with E-state index in [1.807, 2.05) is 6.92 Å². The SMILES string of the molecule is CCCCn1c(N)c(N(CC)C(=O)[C@H]2CCCN(C(=O)c3ccc(Cl)cc3)C2)c(=O)[nH]c1=O. The molecule has 1 aromatic heterocycles. The first-order valence-electron chi connectivity index (χ1n) is 11.3. The fraction of sp³-hybridized carbons (Fsp3) is 0.478. The van der Waals surface area contributed by atoms with Gasteiger partial charge in [-0.3, -0.25) is 23.9 Å². The number of nitrogens with zero attached hydrogens (tertiary/aromatic N) is 3. The molecule has 1 aliphatic rings. The van der Waals surface area contributed by atoms with Crippen LogP contribution in [0.25, 0.3) is 0 Å². The normalized spacial score (nSPS) is 16.0. The molecule has 3 N–H and O–H groups in total. The van der Waals surface area contributed by atoms with Gasteiger partial charge in [-0.2, -0.15) is 0 Å². The lowest BCUT2D eigenvalue weighted by Crippen LogP contribution is -2.49. The molecule has 1 fully saturated rings. The van der Waals surface area contributed by atoms with E-state index in [0.29, 0.717) is 42.9 Å². The first kappa shape index (κ1) is 24.6. The van der Waals surface area contributed by atoms with Crippen LogP contribution < -0.4 is 21.9 Å². The summed E-state index contributed by atoms with van der Waals surface area (Å²) in [5.41, 5.74) is 5.42. The van der Waals surface area contributed by atoms with Crippen molar-refractivity contribution in [3.63, 3.8) is 0 Å². The number of nitrogens with two attached hydrogens (primary N) is 1. The number of piperidine rings is 1. The van der Waals surface area contributed by atoms with Gasteiger partial charge in [0.1, 0.15) is 5.82 Å². The monoisotopic (exact) mass is 475 g/mol. The Kier molecular flexibility index (Phi) is 7.97. The molecule has 2 amide bonds. The van der Waals surface area contributed by atoms with Crippen LogP contribution in [0.3, 0.4) is 0 Å². The van der Waals surface area contributed by atoms with Crippen molar-refractivity contribution in [3.05, 3.63) is 55.7 Å². The Morgan fingerprint density at radius 2 is 1.91 bits per heavy atom. The van der Waals surface area contributed by atoms with E-state index in [9.17, 15) is 19.2 Å². The predicted octanol–water partition coefficient (Wildman–Crippen LogP) is 2.48. The van der Waals surface area contributed by atoms with Crippen molar-refractivity contribution in [2.24, 2.45) is 5.92 Å². The van der Waals surface area contributed by atoms with Gasteiger partial charge in [0.25, 0.3) is 11.5 Å². The van der Waals surface area contributed by atoms with Gasteiger partial charge in [-0.05, 0) is 50.5 Å². The van der Waals surface area contributed by atoms with Gasteiger partial charge in [-0.1, -0.05) is 24.9 Å². The van der Waals surface area contributed by atoms with E-state index in [1.165, 1.54) is 9.47 Å². The van der Waals surface area contributed by atoms with E-state index >= 15 is 0 Å². The highest BCUT2D eigenvalue weighted by Crippen LogP contribution is 2.25. The molecule has 0 spiro atoms. The average Bonchev–Trinajstić information content (AvgIpc) is 2.81. The minimum Gasteiger partial charge on any atom is -0.383 e. The highest BCUT2D eigenvalue weighted by molar-refractivity contribution is 6.30. The maximum Gasteiger partial charge on any atom is 0.330 e. The molecule has 0 bridgehead atoms. The standard InChI is InChI=1S/C23H30ClN5O4/c1-3-5-13-29-19(25)18(20(30)26-23(29)33)28(4-2)22(32)16-7-6-12-27(14-16)21(31)15-8-10-17(24)11-9-15/h8-11,16H,3-7,12-14,25H2,1-2H3,(H,26,30,33)/t16-/m0/s1. The fourth-order valence-electron chi connectivity index (χ4n) is 4.16. The van der Waals surface area contributed by atoms with Crippen LogP contribution in [0, 0.1) is 5.92 Å². The number of H-pyrrole nitrogens is 1. The number of carbonyl (C=O) groups excluding carboxylic acids is 2. The number of aromatic amines is 1. The molecule has 10 heteroatoms. The van der Waals surface area contributed by atoms with Crippen molar-refractivity contribution in [2.45, 2.75) is 46.1 Å². The lowest BCUT2D eigenvalue weighted by Gasteiger charge is -2.35. The van der Waals surface area contributed by atoms with Crippen LogP contribution in [0.5, 0.6) is 0 Å². The fourth-order valence-corrected chi connectivity index (χ4v) is 4.29. The first-order valence-corrected chi connectivity index (χ1v) is 11.6. The van der Waals surface area contributed by atoms with Crippen molar-refractivity contribution >= 4 is 34.9 Å². The van der Waals surface area contributed by atoms with Gasteiger partial charge in [0.15, 0.2) is 5.69 Å². The van der Waals surface area contributed by atoms with Gasteiger partial charge >= 0.3 is 5.69 Å². The second-order valence-corrected chi connectivity index (χ2v) is 8.61. The van der Waals surface area contributed by atoms with Crippen LogP contribution in [-0.2, 0) is 11.3 Å². The summed E-state index contributed by atoms with van der Waals surface area (Å²) in [4.78, 5) is 56.5. The minimum absolute atomic E-state index is 0.0145. The highest BCUT2D eigenvalue weighted by Gasteiger charge is 2.33. The molecule has 0 radical (unpaired) electrons. The van der Waals surface area contributed by atoms with Crippen molar-refractivity contribution in [3.8, 4) is 0 Å². The molecule has 0 unspecified atom stereocenters. The number of nitrogen functional groups attached to an aromatic ring is 1. The number of unbranched alkanes of at least 4 members (excludes halogenated alkanes) is 1. The number of carbonyl (C=O) groups is 2. The van der Waals surface area contributed by atoms with Crippen molar-refractivity contribution < 1.29 is 9.59 Å². The molecule has 2 aromatic rings. The Hall–Kier alpha value is -3.07. The smallest absolute Gasteiger partial charge is 0.330 e. The lowest BCUT2D eigenvalue weighted by atomic mass is 9.95. The third-order valence-electron chi connectivity index (χ3n) is 5.95. The number of hydrogen-bond donors (Lipinski definition) is 2. The second-order valence-electron chi connectivity index (χ2n) is 8.18. The molecule has 1 saturated heterocycles. The molecular weight excluding hydrogens is 446 g/mol. The number of rotatable bonds is 7. The topological polar surface area (TPSA) is 121 Å². The molecule has 9 nitrogen and oxygen atoms in total. The predicted molar refractivity (Wildman–Crippen MR) is 129 cm³/mol. The molecule has 0 saturated carbocycles. The maximum absolute atomic E-state index is 13.5. The van der Waals surface area contributed by atoms with Gasteiger partial charge < -0.3 is 15.5 Å². The number of likely N-dealkylation sites (tertiary alicyclic amines) is 1. The van der Waals surface area contributed by atoms with Crippen molar-refractivity contribution in [1.29, 1.82) is 0 Å². The van der Waals surface area contributed by atoms with Crippen LogP contribution in [0.4, 0.5) is 11.5 Å². The zero-order valence-corrected chi connectivity index (χ0v) is 19.7. The van der Waals surface area contributed by atoms with Crippen LogP contribution in [0.1, 0.15) is 49.9 Å². The summed E-state index contributed by atoms with van der Waals surface area (Å²) in [5.74, 6) is -0.955. The van der Waals surface area contributed by atoms with Crippen LogP contribution in [0.15, 0.2) is 33.9 Å². The van der Waals surface area contributed by atoms with E-state index in [4.69, 9.17) is 17.3 Å². The molecule has 178 valence electrons. The molecular formula is C23H30ClN5O4. The second kappa shape index (κ2) is 10.7. The van der Waals surface area contributed by atoms with Crippen molar-refractivity contribution in [2.75, 3.05) is 30.3 Å². The third-order valence-corrected chi connectivity index (χ3v) is 6.20. The van der Waals surface area contributed by atoms with Gasteiger partial charge in [0.2, 0.25) is 5.91 Å². The van der Waals surface area contributed by atoms with E-state index < -0.39 is 17.2 Å². The Balaban J connectivity index is 1.86. The van der Waals surface area contributed by atoms with Gasteiger partial charge in [-0.25, -0.2) is 4.79 Å². The number of nitrogens with one attached hydrogen (secondary N) is 1. The Morgan fingerprint density at radius 3 is 2.55 bits per heavy atom. The molecule has 2 heterocycles. The van der Waals surface area contributed by atoms with Crippen LogP contribution in [0.2, 0.25) is 5.02 Å². The van der Waals surface area contributed by atoms with Gasteiger partial charge in [0.05, 0.1) is 5.92 Å². The average molecular weight is 476 g/mol. The number of halogens is 1. The van der Waals surface area contributed by atoms with E-state index in [-0.39, 0.29) is 36.4 Å². The number of anilines is 2. The van der Waals surface area contributed by atoms with Crippen LogP contribution >= 0.6 is 11.6 Å². The number of amides is 2. The number of hydrogen-bond acceptors (Lipinski definition) is 5. The summed E-state index contributed by atoms with van der Waals surface area (Å²) in [5, 5.41) is 0.542. The zero-order chi connectivity index (χ0) is 24.1. The van der Waals surface area contributed by atoms with Crippen molar-refractivity contribution in [1.82, 2.24) is 14.5 Å². The third kappa shape index (κ3) is 5.30. The Morgan fingerprint density at radius 1 is 1.21 bits per heavy atom. The summed E-state index contributed by atoms with van der Waals surface area (Å²) in [6, 6.07) is 6.63. The molecule has 1 aromatic carbocycles. The maximum atomic E-state index is 13.5. The van der Waals surface area contributed by atoms with Gasteiger partial charge in [0, 0.05) is 36.8 Å². The number of aromatic nitrogens is 2. The Bertz CT molecular complexity index is 1130. The zero-order valence-electron chi connectivity index (χ0n) is 19.0. The molecule has 33 heavy (non-hydrogen) atoms. The summed E-state index contributed by atoms with van der Waals surface area (Å²) in [7, 11) is 0. The Labute approximate surface area is 197 Å². The van der Waals surface area contributed by atoms with Gasteiger partial charge in [-0.15, -0.1) is 0 Å². The van der Waals surface area contributed by atoms with E-state index in [2.05, 4.69) is 4.98 Å². The van der Waals surface area contributed by atoms with E-state index in [0.717, 1.165) is 6.42 Å². The van der Waals surface area contributed by atoms with E-state index in [1.54, 1.807) is 36.1 Å². The summed E-state index contributed by atoms with van der Waals surface area (Å²) < 4.78 is 1.30. The first-order chi connectivity index (χ1) is 15.8. The highest BCUT2D eigenvalue weighted by atomic mass is 35.5. The quantitative estimate of drug-likeness (QED) is 0.637.